The van der Waals surface area contributed by atoms with Crippen LogP contribution in [0.4, 0.5) is 17.6 Å². The second-order valence-corrected chi connectivity index (χ2v) is 6.35. The molecular formula is C18H25N7O. The van der Waals surface area contributed by atoms with Gasteiger partial charge in [0.1, 0.15) is 0 Å². The highest BCUT2D eigenvalue weighted by Crippen LogP contribution is 2.19. The van der Waals surface area contributed by atoms with E-state index in [9.17, 15) is 0 Å². The fourth-order valence-electron chi connectivity index (χ4n) is 2.75. The molecule has 0 saturated carbocycles. The first-order chi connectivity index (χ1) is 12.7. The van der Waals surface area contributed by atoms with Crippen molar-refractivity contribution in [3.05, 3.63) is 29.8 Å². The third-order valence-corrected chi connectivity index (χ3v) is 4.21. The molecule has 1 aliphatic rings. The van der Waals surface area contributed by atoms with Crippen molar-refractivity contribution in [3.8, 4) is 6.01 Å². The minimum Gasteiger partial charge on any atom is -0.467 e. The molecule has 2 aromatic rings. The van der Waals surface area contributed by atoms with Gasteiger partial charge in [0, 0.05) is 32.9 Å². The topological polar surface area (TPSA) is 78.8 Å². The molecular weight excluding hydrogens is 330 g/mol. The fraction of sp³-hybridized carbons (Fsp3) is 0.444. The van der Waals surface area contributed by atoms with Gasteiger partial charge in [-0.05, 0) is 37.0 Å². The molecule has 1 aliphatic heterocycles. The fourth-order valence-corrected chi connectivity index (χ4v) is 2.75. The van der Waals surface area contributed by atoms with E-state index in [4.69, 9.17) is 4.74 Å². The lowest BCUT2D eigenvalue weighted by atomic mass is 10.1. The predicted molar refractivity (Wildman–Crippen MR) is 104 cm³/mol. The number of methoxy groups -OCH3 is 1. The van der Waals surface area contributed by atoms with Crippen molar-refractivity contribution >= 4 is 23.8 Å². The van der Waals surface area contributed by atoms with E-state index in [-0.39, 0.29) is 6.01 Å². The first-order valence-electron chi connectivity index (χ1n) is 8.77. The smallest absolute Gasteiger partial charge is 0.322 e. The van der Waals surface area contributed by atoms with E-state index in [1.165, 1.54) is 6.42 Å². The minimum atomic E-state index is 0.286. The predicted octanol–water partition coefficient (Wildman–Crippen LogP) is 2.38. The summed E-state index contributed by atoms with van der Waals surface area (Å²) in [5.74, 6) is 1.00. The molecule has 8 heteroatoms. The number of ether oxygens (including phenoxy) is 1. The van der Waals surface area contributed by atoms with E-state index in [0.29, 0.717) is 11.9 Å². The second-order valence-electron chi connectivity index (χ2n) is 6.35. The number of hydrogen-bond acceptors (Lipinski definition) is 8. The van der Waals surface area contributed by atoms with Gasteiger partial charge < -0.3 is 14.5 Å². The highest BCUT2D eigenvalue weighted by atomic mass is 16.5. The van der Waals surface area contributed by atoms with Gasteiger partial charge in [-0.1, -0.05) is 12.1 Å². The third-order valence-electron chi connectivity index (χ3n) is 4.21. The molecule has 0 aliphatic carbocycles. The Balaban J connectivity index is 1.70. The Bertz CT molecular complexity index is 740. The molecule has 2 heterocycles. The molecule has 1 fully saturated rings. The van der Waals surface area contributed by atoms with Crippen LogP contribution in [-0.2, 0) is 0 Å². The number of anilines is 3. The first kappa shape index (κ1) is 17.9. The first-order valence-corrected chi connectivity index (χ1v) is 8.77. The lowest BCUT2D eigenvalue weighted by molar-refractivity contribution is 0.378. The van der Waals surface area contributed by atoms with Crippen molar-refractivity contribution in [2.75, 3.05) is 49.5 Å². The monoisotopic (exact) mass is 355 g/mol. The summed E-state index contributed by atoms with van der Waals surface area (Å²) in [5.41, 5.74) is 5.00. The Morgan fingerprint density at radius 2 is 1.81 bits per heavy atom. The molecule has 0 radical (unpaired) electrons. The van der Waals surface area contributed by atoms with Crippen molar-refractivity contribution in [1.29, 1.82) is 0 Å². The van der Waals surface area contributed by atoms with Crippen LogP contribution in [0.25, 0.3) is 0 Å². The molecule has 26 heavy (non-hydrogen) atoms. The van der Waals surface area contributed by atoms with Crippen molar-refractivity contribution in [2.45, 2.75) is 19.3 Å². The van der Waals surface area contributed by atoms with Crippen LogP contribution in [0.5, 0.6) is 6.01 Å². The number of benzene rings is 1. The van der Waals surface area contributed by atoms with E-state index < -0.39 is 0 Å². The van der Waals surface area contributed by atoms with Crippen LogP contribution in [0, 0.1) is 0 Å². The van der Waals surface area contributed by atoms with Gasteiger partial charge in [0.15, 0.2) is 0 Å². The van der Waals surface area contributed by atoms with Gasteiger partial charge >= 0.3 is 6.01 Å². The highest BCUT2D eigenvalue weighted by molar-refractivity contribution is 5.80. The standard InChI is InChI=1S/C18H25N7O/c1-24(2)15-9-7-14(8-10-15)13-19-23-16-20-17(22-18(21-16)26-3)25-11-5-4-6-12-25/h7-10,13H,4-6,11-12H2,1-3H3,(H,20,21,22,23)/b19-13-. The van der Waals surface area contributed by atoms with Gasteiger partial charge in [0.05, 0.1) is 13.3 Å². The van der Waals surface area contributed by atoms with Crippen LogP contribution in [0.1, 0.15) is 24.8 Å². The van der Waals surface area contributed by atoms with E-state index >= 15 is 0 Å². The molecule has 8 nitrogen and oxygen atoms in total. The van der Waals surface area contributed by atoms with E-state index in [1.54, 1.807) is 13.3 Å². The zero-order valence-corrected chi connectivity index (χ0v) is 15.5. The number of aromatic nitrogens is 3. The molecule has 0 atom stereocenters. The van der Waals surface area contributed by atoms with Crippen molar-refractivity contribution in [2.24, 2.45) is 5.10 Å². The summed E-state index contributed by atoms with van der Waals surface area (Å²) in [7, 11) is 5.58. The molecule has 1 aromatic carbocycles. The zero-order chi connectivity index (χ0) is 18.4. The largest absolute Gasteiger partial charge is 0.467 e. The van der Waals surface area contributed by atoms with Crippen molar-refractivity contribution < 1.29 is 4.74 Å². The molecule has 1 saturated heterocycles. The number of hydrazone groups is 1. The molecule has 0 amide bonds. The van der Waals surface area contributed by atoms with Gasteiger partial charge in [0.2, 0.25) is 5.95 Å². The van der Waals surface area contributed by atoms with E-state index in [2.05, 4.69) is 35.3 Å². The summed E-state index contributed by atoms with van der Waals surface area (Å²) in [4.78, 5) is 17.2. The number of rotatable bonds is 6. The van der Waals surface area contributed by atoms with Crippen LogP contribution in [-0.4, -0.2) is 55.5 Å². The summed E-state index contributed by atoms with van der Waals surface area (Å²) in [6, 6.07) is 8.39. The van der Waals surface area contributed by atoms with Crippen LogP contribution in [0.15, 0.2) is 29.4 Å². The number of piperidine rings is 1. The Hall–Kier alpha value is -2.90. The quantitative estimate of drug-likeness (QED) is 0.629. The van der Waals surface area contributed by atoms with Gasteiger partial charge in [0.25, 0.3) is 5.95 Å². The van der Waals surface area contributed by atoms with Gasteiger partial charge in [-0.15, -0.1) is 0 Å². The number of hydrogen-bond donors (Lipinski definition) is 1. The zero-order valence-electron chi connectivity index (χ0n) is 15.5. The summed E-state index contributed by atoms with van der Waals surface area (Å²) in [6.45, 7) is 1.90. The lowest BCUT2D eigenvalue weighted by Crippen LogP contribution is -2.31. The summed E-state index contributed by atoms with van der Waals surface area (Å²) >= 11 is 0. The molecule has 0 bridgehead atoms. The Kier molecular flexibility index (Phi) is 5.83. The van der Waals surface area contributed by atoms with Gasteiger partial charge in [-0.2, -0.15) is 20.1 Å². The SMILES string of the molecule is COc1nc(N/N=C\c2ccc(N(C)C)cc2)nc(N2CCCCC2)n1. The maximum atomic E-state index is 5.20. The van der Waals surface area contributed by atoms with Crippen LogP contribution < -0.4 is 20.0 Å². The van der Waals surface area contributed by atoms with Crippen molar-refractivity contribution in [3.63, 3.8) is 0 Å². The maximum Gasteiger partial charge on any atom is 0.322 e. The van der Waals surface area contributed by atoms with Gasteiger partial charge in [-0.25, -0.2) is 5.43 Å². The average molecular weight is 355 g/mol. The number of nitrogens with one attached hydrogen (secondary N) is 1. The summed E-state index contributed by atoms with van der Waals surface area (Å²) < 4.78 is 5.20. The maximum absolute atomic E-state index is 5.20. The molecule has 1 N–H and O–H groups in total. The number of nitrogens with zero attached hydrogens (tertiary/aromatic N) is 6. The third kappa shape index (κ3) is 4.59. The van der Waals surface area contributed by atoms with Crippen LogP contribution >= 0.6 is 0 Å². The molecule has 138 valence electrons. The minimum absolute atomic E-state index is 0.286. The molecule has 3 rings (SSSR count). The summed E-state index contributed by atoms with van der Waals surface area (Å²) in [6.07, 6.45) is 5.28. The Morgan fingerprint density at radius 3 is 2.46 bits per heavy atom. The van der Waals surface area contributed by atoms with Crippen LogP contribution in [0.2, 0.25) is 0 Å². The average Bonchev–Trinajstić information content (AvgIpc) is 2.69. The second kappa shape index (κ2) is 8.46. The Labute approximate surface area is 153 Å². The Morgan fingerprint density at radius 1 is 1.08 bits per heavy atom. The summed E-state index contributed by atoms with van der Waals surface area (Å²) in [5, 5.41) is 4.23. The molecule has 0 unspecified atom stereocenters. The normalized spacial score (nSPS) is 14.5. The molecule has 0 spiro atoms. The van der Waals surface area contributed by atoms with Crippen molar-refractivity contribution in [1.82, 2.24) is 15.0 Å². The lowest BCUT2D eigenvalue weighted by Gasteiger charge is -2.26. The van der Waals surface area contributed by atoms with E-state index in [0.717, 1.165) is 37.2 Å². The van der Waals surface area contributed by atoms with E-state index in [1.807, 2.05) is 38.4 Å². The highest BCUT2D eigenvalue weighted by Gasteiger charge is 2.16. The molecule has 1 aromatic heterocycles. The van der Waals surface area contributed by atoms with Crippen LogP contribution in [0.3, 0.4) is 0 Å². The van der Waals surface area contributed by atoms with Gasteiger partial charge in [-0.3, -0.25) is 0 Å².